The van der Waals surface area contributed by atoms with Crippen molar-refractivity contribution in [3.63, 3.8) is 0 Å². The van der Waals surface area contributed by atoms with Crippen LogP contribution in [0, 0.1) is 0 Å². The van der Waals surface area contributed by atoms with Gasteiger partial charge in [-0.05, 0) is 24.6 Å². The van der Waals surface area contributed by atoms with Gasteiger partial charge in [0.15, 0.2) is 0 Å². The number of esters is 1. The van der Waals surface area contributed by atoms with E-state index < -0.39 is 5.97 Å². The van der Waals surface area contributed by atoms with Crippen LogP contribution in [-0.2, 0) is 16.0 Å². The maximum atomic E-state index is 11.1. The van der Waals surface area contributed by atoms with Crippen molar-refractivity contribution in [1.29, 1.82) is 0 Å². The molecule has 4 heteroatoms. The molecule has 0 saturated carbocycles. The van der Waals surface area contributed by atoms with Crippen LogP contribution in [0.15, 0.2) is 36.0 Å². The van der Waals surface area contributed by atoms with Crippen LogP contribution >= 0.6 is 11.6 Å². The molecule has 0 radical (unpaired) electrons. The fourth-order valence-corrected chi connectivity index (χ4v) is 1.48. The number of carbonyl (C=O) groups is 1. The van der Waals surface area contributed by atoms with Crippen molar-refractivity contribution in [1.82, 2.24) is 0 Å². The molecule has 0 aromatic heterocycles. The summed E-state index contributed by atoms with van der Waals surface area (Å²) in [6, 6.07) is 7.34. The smallest absolute Gasteiger partial charge is 0.332 e. The Bertz CT molecular complexity index is 402. The van der Waals surface area contributed by atoms with Gasteiger partial charge in [-0.1, -0.05) is 23.7 Å². The van der Waals surface area contributed by atoms with E-state index >= 15 is 0 Å². The average Bonchev–Trinajstić information content (AvgIpc) is 2.17. The number of nitrogens with two attached hydrogens (primary N) is 1. The van der Waals surface area contributed by atoms with Crippen molar-refractivity contribution < 1.29 is 9.53 Å². The first-order valence-corrected chi connectivity index (χ1v) is 5.37. The normalized spacial score (nSPS) is 11.2. The summed E-state index contributed by atoms with van der Waals surface area (Å²) in [5.74, 6) is -0.415. The first-order chi connectivity index (χ1) is 7.61. The summed E-state index contributed by atoms with van der Waals surface area (Å²) in [4.78, 5) is 11.1. The SMILES string of the molecule is CCOC(=O)/C=C(\N)Cc1cccc(Cl)c1. The Hall–Kier alpha value is -1.48. The molecule has 0 unspecified atom stereocenters. The zero-order chi connectivity index (χ0) is 12.0. The maximum Gasteiger partial charge on any atom is 0.332 e. The quantitative estimate of drug-likeness (QED) is 0.648. The van der Waals surface area contributed by atoms with Crippen LogP contribution < -0.4 is 5.73 Å². The maximum absolute atomic E-state index is 11.1. The first-order valence-electron chi connectivity index (χ1n) is 4.99. The summed E-state index contributed by atoms with van der Waals surface area (Å²) >= 11 is 5.83. The predicted octanol–water partition coefficient (Wildman–Crippen LogP) is 2.29. The van der Waals surface area contributed by atoms with Crippen LogP contribution in [0.3, 0.4) is 0 Å². The van der Waals surface area contributed by atoms with Crippen molar-refractivity contribution in [3.05, 3.63) is 46.6 Å². The molecule has 3 nitrogen and oxygen atoms in total. The van der Waals surface area contributed by atoms with Gasteiger partial charge in [0.2, 0.25) is 0 Å². The lowest BCUT2D eigenvalue weighted by Crippen LogP contribution is -2.07. The molecule has 0 aliphatic carbocycles. The average molecular weight is 240 g/mol. The lowest BCUT2D eigenvalue weighted by molar-refractivity contribution is -0.137. The largest absolute Gasteiger partial charge is 0.463 e. The Morgan fingerprint density at radius 3 is 2.94 bits per heavy atom. The number of rotatable bonds is 4. The van der Waals surface area contributed by atoms with Crippen molar-refractivity contribution in [2.24, 2.45) is 5.73 Å². The minimum Gasteiger partial charge on any atom is -0.463 e. The summed E-state index contributed by atoms with van der Waals surface area (Å²) in [7, 11) is 0. The Kier molecular flexibility index (Phi) is 4.86. The molecule has 0 aliphatic rings. The number of ether oxygens (including phenoxy) is 1. The van der Waals surface area contributed by atoms with Gasteiger partial charge in [0.1, 0.15) is 0 Å². The third-order valence-corrected chi connectivity index (χ3v) is 2.12. The van der Waals surface area contributed by atoms with Crippen LogP contribution in [0.25, 0.3) is 0 Å². The van der Waals surface area contributed by atoms with Crippen LogP contribution in [0.2, 0.25) is 5.02 Å². The van der Waals surface area contributed by atoms with E-state index in [-0.39, 0.29) is 0 Å². The molecule has 1 rings (SSSR count). The van der Waals surface area contributed by atoms with Crippen molar-refractivity contribution in [3.8, 4) is 0 Å². The highest BCUT2D eigenvalue weighted by molar-refractivity contribution is 6.30. The number of allylic oxidation sites excluding steroid dienone is 1. The number of carbonyl (C=O) groups excluding carboxylic acids is 1. The second-order valence-electron chi connectivity index (χ2n) is 3.28. The lowest BCUT2D eigenvalue weighted by Gasteiger charge is -2.02. The third-order valence-electron chi connectivity index (χ3n) is 1.89. The molecular weight excluding hydrogens is 226 g/mol. The molecular formula is C12H14ClNO2. The highest BCUT2D eigenvalue weighted by Crippen LogP contribution is 2.12. The number of halogens is 1. The number of benzene rings is 1. The molecule has 0 spiro atoms. The molecule has 0 atom stereocenters. The minimum atomic E-state index is -0.415. The van der Waals surface area contributed by atoms with E-state index in [1.165, 1.54) is 6.08 Å². The zero-order valence-corrected chi connectivity index (χ0v) is 9.83. The van der Waals surface area contributed by atoms with Gasteiger partial charge in [0, 0.05) is 23.2 Å². The molecule has 0 saturated heterocycles. The first kappa shape index (κ1) is 12.6. The highest BCUT2D eigenvalue weighted by atomic mass is 35.5. The summed E-state index contributed by atoms with van der Waals surface area (Å²) in [6.45, 7) is 2.10. The highest BCUT2D eigenvalue weighted by Gasteiger charge is 2.01. The fourth-order valence-electron chi connectivity index (χ4n) is 1.27. The van der Waals surface area contributed by atoms with Gasteiger partial charge in [-0.15, -0.1) is 0 Å². The second kappa shape index (κ2) is 6.18. The molecule has 0 heterocycles. The Labute approximate surface area is 99.8 Å². The second-order valence-corrected chi connectivity index (χ2v) is 3.71. The van der Waals surface area contributed by atoms with Crippen LogP contribution in [0.1, 0.15) is 12.5 Å². The Morgan fingerprint density at radius 1 is 1.56 bits per heavy atom. The topological polar surface area (TPSA) is 52.3 Å². The van der Waals surface area contributed by atoms with Gasteiger partial charge < -0.3 is 10.5 Å². The van der Waals surface area contributed by atoms with Crippen molar-refractivity contribution >= 4 is 17.6 Å². The predicted molar refractivity (Wildman–Crippen MR) is 64.1 cm³/mol. The Balaban J connectivity index is 2.63. The van der Waals surface area contributed by atoms with Gasteiger partial charge in [0.05, 0.1) is 6.61 Å². The molecule has 0 amide bonds. The van der Waals surface area contributed by atoms with Gasteiger partial charge in [-0.2, -0.15) is 0 Å². The molecule has 86 valence electrons. The summed E-state index contributed by atoms with van der Waals surface area (Å²) in [6.07, 6.45) is 1.78. The van der Waals surface area contributed by atoms with Crippen LogP contribution in [-0.4, -0.2) is 12.6 Å². The van der Waals surface area contributed by atoms with Gasteiger partial charge >= 0.3 is 5.97 Å². The lowest BCUT2D eigenvalue weighted by atomic mass is 10.1. The molecule has 16 heavy (non-hydrogen) atoms. The summed E-state index contributed by atoms with van der Waals surface area (Å²) in [5.41, 5.74) is 7.13. The standard InChI is InChI=1S/C12H14ClNO2/c1-2-16-12(15)8-11(14)7-9-4-3-5-10(13)6-9/h3-6,8H,2,7,14H2,1H3/b11-8-. The number of hydrogen-bond donors (Lipinski definition) is 1. The summed E-state index contributed by atoms with van der Waals surface area (Å²) in [5, 5.41) is 0.654. The number of hydrogen-bond acceptors (Lipinski definition) is 3. The molecule has 1 aromatic rings. The van der Waals surface area contributed by atoms with Gasteiger partial charge in [0.25, 0.3) is 0 Å². The zero-order valence-electron chi connectivity index (χ0n) is 9.07. The molecule has 1 aromatic carbocycles. The van der Waals surface area contributed by atoms with Gasteiger partial charge in [-0.25, -0.2) is 4.79 Å². The van der Waals surface area contributed by atoms with Crippen molar-refractivity contribution in [2.75, 3.05) is 6.61 Å². The summed E-state index contributed by atoms with van der Waals surface area (Å²) < 4.78 is 4.75. The van der Waals surface area contributed by atoms with E-state index in [9.17, 15) is 4.79 Å². The fraction of sp³-hybridized carbons (Fsp3) is 0.250. The van der Waals surface area contributed by atoms with E-state index in [1.807, 2.05) is 18.2 Å². The monoisotopic (exact) mass is 239 g/mol. The van der Waals surface area contributed by atoms with Crippen LogP contribution in [0.4, 0.5) is 0 Å². The van der Waals surface area contributed by atoms with E-state index in [4.69, 9.17) is 22.1 Å². The van der Waals surface area contributed by atoms with E-state index in [2.05, 4.69) is 0 Å². The van der Waals surface area contributed by atoms with Gasteiger partial charge in [-0.3, -0.25) is 0 Å². The molecule has 0 bridgehead atoms. The van der Waals surface area contributed by atoms with Crippen molar-refractivity contribution in [2.45, 2.75) is 13.3 Å². The van der Waals surface area contributed by atoms with E-state index in [1.54, 1.807) is 13.0 Å². The van der Waals surface area contributed by atoms with E-state index in [0.29, 0.717) is 23.7 Å². The minimum absolute atomic E-state index is 0.347. The molecule has 0 fully saturated rings. The Morgan fingerprint density at radius 2 is 2.31 bits per heavy atom. The van der Waals surface area contributed by atoms with Crippen LogP contribution in [0.5, 0.6) is 0 Å². The van der Waals surface area contributed by atoms with E-state index in [0.717, 1.165) is 5.56 Å². The molecule has 0 aliphatic heterocycles. The molecule has 2 N–H and O–H groups in total. The third kappa shape index (κ3) is 4.36.